The van der Waals surface area contributed by atoms with Crippen LogP contribution in [0.5, 0.6) is 0 Å². The van der Waals surface area contributed by atoms with Crippen molar-refractivity contribution in [1.82, 2.24) is 0 Å². The highest BCUT2D eigenvalue weighted by Gasteiger charge is 2.19. The summed E-state index contributed by atoms with van der Waals surface area (Å²) in [6.07, 6.45) is 71.0. The molecule has 376 valence electrons. The van der Waals surface area contributed by atoms with Gasteiger partial charge in [-0.15, -0.1) is 0 Å². The van der Waals surface area contributed by atoms with E-state index in [1.54, 1.807) is 0 Å². The van der Waals surface area contributed by atoms with Gasteiger partial charge in [-0.1, -0.05) is 266 Å². The van der Waals surface area contributed by atoms with Gasteiger partial charge in [-0.25, -0.2) is 0 Å². The molecule has 0 aromatic carbocycles. The maximum absolute atomic E-state index is 12.8. The van der Waals surface area contributed by atoms with Crippen LogP contribution in [0.3, 0.4) is 0 Å². The van der Waals surface area contributed by atoms with E-state index in [-0.39, 0.29) is 31.1 Å². The fourth-order valence-corrected chi connectivity index (χ4v) is 7.41. The summed E-state index contributed by atoms with van der Waals surface area (Å²) in [5.41, 5.74) is 0. The molecule has 0 aromatic heterocycles. The molecule has 0 spiro atoms. The second kappa shape index (κ2) is 53.9. The Hall–Kier alpha value is -3.67. The maximum Gasteiger partial charge on any atom is 0.306 e. The van der Waals surface area contributed by atoms with Gasteiger partial charge in [-0.2, -0.15) is 0 Å². The van der Waals surface area contributed by atoms with Crippen molar-refractivity contribution in [2.45, 2.75) is 252 Å². The normalized spacial score (nSPS) is 12.8. The first-order valence-corrected chi connectivity index (χ1v) is 27.3. The first kappa shape index (κ1) is 62.3. The van der Waals surface area contributed by atoms with Gasteiger partial charge in [0.25, 0.3) is 0 Å². The Labute approximate surface area is 407 Å². The third-order valence-corrected chi connectivity index (χ3v) is 11.5. The monoisotopic (exact) mass is 917 g/mol. The number of esters is 3. The number of allylic oxidation sites excluding steroid dienone is 16. The Balaban J connectivity index is 4.45. The largest absolute Gasteiger partial charge is 0.462 e. The molecule has 66 heavy (non-hydrogen) atoms. The van der Waals surface area contributed by atoms with E-state index in [9.17, 15) is 14.4 Å². The molecule has 0 aromatic rings. The molecule has 6 nitrogen and oxygen atoms in total. The van der Waals surface area contributed by atoms with E-state index < -0.39 is 6.10 Å². The quantitative estimate of drug-likeness (QED) is 0.0262. The first-order valence-electron chi connectivity index (χ1n) is 27.3. The van der Waals surface area contributed by atoms with E-state index in [2.05, 4.69) is 93.7 Å². The number of rotatable bonds is 48. The summed E-state index contributed by atoms with van der Waals surface area (Å²) >= 11 is 0. The number of carbonyl (C=O) groups excluding carboxylic acids is 3. The highest BCUT2D eigenvalue weighted by atomic mass is 16.6. The summed E-state index contributed by atoms with van der Waals surface area (Å²) in [5, 5.41) is 0. The topological polar surface area (TPSA) is 78.9 Å². The minimum Gasteiger partial charge on any atom is -0.462 e. The van der Waals surface area contributed by atoms with Crippen LogP contribution in [0.25, 0.3) is 0 Å². The second-order valence-corrected chi connectivity index (χ2v) is 17.9. The molecule has 0 rings (SSSR count). The predicted molar refractivity (Wildman–Crippen MR) is 284 cm³/mol. The lowest BCUT2D eigenvalue weighted by molar-refractivity contribution is -0.167. The van der Waals surface area contributed by atoms with Gasteiger partial charge < -0.3 is 14.2 Å². The van der Waals surface area contributed by atoms with Crippen LogP contribution in [-0.4, -0.2) is 37.2 Å². The Bertz CT molecular complexity index is 1330. The molecule has 0 aliphatic rings. The number of unbranched alkanes of at least 4 members (excludes halogenated alkanes) is 27. The summed E-state index contributed by atoms with van der Waals surface area (Å²) in [4.78, 5) is 38.1. The zero-order valence-corrected chi connectivity index (χ0v) is 42.9. The van der Waals surface area contributed by atoms with Crippen LogP contribution in [-0.2, 0) is 28.6 Å². The molecular weight excluding hydrogens is 817 g/mol. The van der Waals surface area contributed by atoms with E-state index in [1.807, 2.05) is 24.3 Å². The minimum absolute atomic E-state index is 0.0960. The Morgan fingerprint density at radius 2 is 0.621 bits per heavy atom. The summed E-state index contributed by atoms with van der Waals surface area (Å²) < 4.78 is 16.8. The van der Waals surface area contributed by atoms with Crippen molar-refractivity contribution < 1.29 is 28.6 Å². The molecule has 0 bridgehead atoms. The van der Waals surface area contributed by atoms with Gasteiger partial charge in [0.05, 0.1) is 0 Å². The zero-order valence-electron chi connectivity index (χ0n) is 42.9. The van der Waals surface area contributed by atoms with Crippen molar-refractivity contribution in [3.05, 3.63) is 97.2 Å². The zero-order chi connectivity index (χ0) is 47.9. The van der Waals surface area contributed by atoms with E-state index in [1.165, 1.54) is 96.3 Å². The van der Waals surface area contributed by atoms with Crippen LogP contribution in [0, 0.1) is 0 Å². The van der Waals surface area contributed by atoms with Crippen molar-refractivity contribution >= 4 is 17.9 Å². The van der Waals surface area contributed by atoms with Crippen LogP contribution in [0.4, 0.5) is 0 Å². The van der Waals surface area contributed by atoms with Gasteiger partial charge in [-0.05, 0) is 57.8 Å². The first-order chi connectivity index (χ1) is 32.5. The molecule has 1 atom stereocenters. The van der Waals surface area contributed by atoms with Crippen molar-refractivity contribution in [3.63, 3.8) is 0 Å². The van der Waals surface area contributed by atoms with Crippen LogP contribution >= 0.6 is 0 Å². The molecule has 0 heterocycles. The number of hydrogen-bond acceptors (Lipinski definition) is 6. The number of carbonyl (C=O) groups is 3. The van der Waals surface area contributed by atoms with Crippen LogP contribution in [0.1, 0.15) is 245 Å². The van der Waals surface area contributed by atoms with Crippen molar-refractivity contribution in [3.8, 4) is 0 Å². The standard InChI is InChI=1S/C60H100O6/c1-4-7-10-13-16-19-22-25-27-29-31-32-35-38-41-44-47-50-53-59(62)65-56-57(55-64-58(61)52-49-46-43-40-37-34-24-21-18-15-12-9-6-3)66-60(63)54-51-48-45-42-39-36-33-30-28-26-23-20-17-14-11-8-5-2/h9-10,12-13,15-16,18-19,21-22,24-25,27,29,31-32,57H,4-8,11,14,17,20,23,26,28,30,33-56H2,1-3H3/b12-9-,13-10-,18-15-,19-16-,24-21-,25-22-,29-27-,32-31-. The summed E-state index contributed by atoms with van der Waals surface area (Å²) in [5.74, 6) is -0.936. The molecule has 0 saturated heterocycles. The lowest BCUT2D eigenvalue weighted by atomic mass is 10.0. The molecule has 0 aliphatic heterocycles. The van der Waals surface area contributed by atoms with E-state index in [4.69, 9.17) is 14.2 Å². The SMILES string of the molecule is CC\C=C/C=C\C=C/CCCCCCCC(=O)OCC(COC(=O)CCCCCCC\C=C/C=C\C=C/C=C\C=C/CCC)OC(=O)CCCCCCCCCCCCCCCCCCC. The van der Waals surface area contributed by atoms with Gasteiger partial charge in [0.2, 0.25) is 0 Å². The van der Waals surface area contributed by atoms with E-state index in [0.717, 1.165) is 109 Å². The fourth-order valence-electron chi connectivity index (χ4n) is 7.41. The molecule has 0 amide bonds. The molecule has 0 fully saturated rings. The average Bonchev–Trinajstić information content (AvgIpc) is 3.31. The van der Waals surface area contributed by atoms with Gasteiger partial charge in [-0.3, -0.25) is 14.4 Å². The number of ether oxygens (including phenoxy) is 3. The van der Waals surface area contributed by atoms with E-state index in [0.29, 0.717) is 19.3 Å². The van der Waals surface area contributed by atoms with E-state index >= 15 is 0 Å². The summed E-state index contributed by atoms with van der Waals surface area (Å²) in [7, 11) is 0. The molecule has 6 heteroatoms. The lowest BCUT2D eigenvalue weighted by Gasteiger charge is -2.18. The Kier molecular flexibility index (Phi) is 50.9. The predicted octanol–water partition coefficient (Wildman–Crippen LogP) is 18.1. The van der Waals surface area contributed by atoms with Crippen LogP contribution in [0.15, 0.2) is 97.2 Å². The van der Waals surface area contributed by atoms with Crippen molar-refractivity contribution in [2.75, 3.05) is 13.2 Å². The third kappa shape index (κ3) is 51.3. The molecule has 0 N–H and O–H groups in total. The van der Waals surface area contributed by atoms with Gasteiger partial charge in [0, 0.05) is 19.3 Å². The number of hydrogen-bond donors (Lipinski definition) is 0. The Morgan fingerprint density at radius 3 is 0.985 bits per heavy atom. The second-order valence-electron chi connectivity index (χ2n) is 17.9. The van der Waals surface area contributed by atoms with Gasteiger partial charge in [0.1, 0.15) is 13.2 Å². The lowest BCUT2D eigenvalue weighted by Crippen LogP contribution is -2.30. The minimum atomic E-state index is -0.796. The summed E-state index contributed by atoms with van der Waals surface area (Å²) in [6, 6.07) is 0. The van der Waals surface area contributed by atoms with Crippen molar-refractivity contribution in [2.24, 2.45) is 0 Å². The molecule has 0 aliphatic carbocycles. The smallest absolute Gasteiger partial charge is 0.306 e. The fraction of sp³-hybridized carbons (Fsp3) is 0.683. The van der Waals surface area contributed by atoms with Crippen molar-refractivity contribution in [1.29, 1.82) is 0 Å². The molecular formula is C60H100O6. The van der Waals surface area contributed by atoms with Crippen LogP contribution in [0.2, 0.25) is 0 Å². The molecule has 0 saturated carbocycles. The Morgan fingerprint density at radius 1 is 0.318 bits per heavy atom. The average molecular weight is 917 g/mol. The van der Waals surface area contributed by atoms with Gasteiger partial charge in [0.15, 0.2) is 6.10 Å². The molecule has 1 unspecified atom stereocenters. The maximum atomic E-state index is 12.8. The highest BCUT2D eigenvalue weighted by Crippen LogP contribution is 2.16. The van der Waals surface area contributed by atoms with Crippen LogP contribution < -0.4 is 0 Å². The molecule has 0 radical (unpaired) electrons. The van der Waals surface area contributed by atoms with Gasteiger partial charge >= 0.3 is 17.9 Å². The third-order valence-electron chi connectivity index (χ3n) is 11.5. The summed E-state index contributed by atoms with van der Waals surface area (Å²) in [6.45, 7) is 6.39. The highest BCUT2D eigenvalue weighted by molar-refractivity contribution is 5.71.